The van der Waals surface area contributed by atoms with Crippen LogP contribution in [-0.4, -0.2) is 39.2 Å². The van der Waals surface area contributed by atoms with Gasteiger partial charge in [-0.15, -0.1) is 0 Å². The minimum Gasteiger partial charge on any atom is -0.490 e. The molecule has 0 saturated carbocycles. The SMILES string of the molecule is COCCOc1c(C2=NCCN2)cccc1-c1cccc2ccccc12. The van der Waals surface area contributed by atoms with Crippen molar-refractivity contribution in [3.63, 3.8) is 0 Å². The van der Waals surface area contributed by atoms with Gasteiger partial charge in [-0.05, 0) is 22.4 Å². The molecule has 0 saturated heterocycles. The van der Waals surface area contributed by atoms with Crippen LogP contribution in [0, 0.1) is 0 Å². The Morgan fingerprint density at radius 1 is 0.885 bits per heavy atom. The second-order valence-corrected chi connectivity index (χ2v) is 6.21. The maximum absolute atomic E-state index is 6.18. The van der Waals surface area contributed by atoms with Crippen LogP contribution in [0.3, 0.4) is 0 Å². The molecule has 26 heavy (non-hydrogen) atoms. The van der Waals surface area contributed by atoms with Crippen molar-refractivity contribution >= 4 is 16.6 Å². The molecule has 0 aliphatic carbocycles. The summed E-state index contributed by atoms with van der Waals surface area (Å²) in [5, 5.41) is 5.79. The van der Waals surface area contributed by atoms with Crippen LogP contribution in [0.2, 0.25) is 0 Å². The maximum atomic E-state index is 6.18. The van der Waals surface area contributed by atoms with Gasteiger partial charge in [-0.1, -0.05) is 54.6 Å². The molecule has 1 N–H and O–H groups in total. The summed E-state index contributed by atoms with van der Waals surface area (Å²) in [6, 6.07) is 21.0. The highest BCUT2D eigenvalue weighted by Crippen LogP contribution is 2.37. The van der Waals surface area contributed by atoms with Gasteiger partial charge in [0.25, 0.3) is 0 Å². The zero-order valence-electron chi connectivity index (χ0n) is 14.9. The summed E-state index contributed by atoms with van der Waals surface area (Å²) in [4.78, 5) is 4.59. The molecule has 0 amide bonds. The third-order valence-corrected chi connectivity index (χ3v) is 4.56. The predicted molar refractivity (Wildman–Crippen MR) is 106 cm³/mol. The first kappa shape index (κ1) is 16.6. The first-order chi connectivity index (χ1) is 12.9. The molecule has 4 heteroatoms. The fraction of sp³-hybridized carbons (Fsp3) is 0.227. The van der Waals surface area contributed by atoms with E-state index in [9.17, 15) is 0 Å². The monoisotopic (exact) mass is 346 g/mol. The van der Waals surface area contributed by atoms with E-state index in [1.54, 1.807) is 7.11 Å². The minimum absolute atomic E-state index is 0.499. The van der Waals surface area contributed by atoms with E-state index < -0.39 is 0 Å². The lowest BCUT2D eigenvalue weighted by molar-refractivity contribution is 0.146. The van der Waals surface area contributed by atoms with E-state index >= 15 is 0 Å². The molecular formula is C22H22N2O2. The number of nitrogens with one attached hydrogen (secondary N) is 1. The summed E-state index contributed by atoms with van der Waals surface area (Å²) in [5.41, 5.74) is 3.24. The number of hydrogen-bond donors (Lipinski definition) is 1. The Hall–Kier alpha value is -2.85. The third-order valence-electron chi connectivity index (χ3n) is 4.56. The first-order valence-corrected chi connectivity index (χ1v) is 8.90. The fourth-order valence-corrected chi connectivity index (χ4v) is 3.36. The number of para-hydroxylation sites is 1. The van der Waals surface area contributed by atoms with E-state index in [0.29, 0.717) is 13.2 Å². The zero-order valence-corrected chi connectivity index (χ0v) is 14.9. The average molecular weight is 346 g/mol. The van der Waals surface area contributed by atoms with Crippen LogP contribution in [0.5, 0.6) is 5.75 Å². The van der Waals surface area contributed by atoms with Crippen LogP contribution in [0.25, 0.3) is 21.9 Å². The quantitative estimate of drug-likeness (QED) is 0.689. The standard InChI is InChI=1S/C22H22N2O2/c1-25-14-15-26-21-19(10-5-11-20(21)22-23-12-13-24-22)18-9-4-7-16-6-2-3-8-17(16)18/h2-11H,12-15H2,1H3,(H,23,24). The summed E-state index contributed by atoms with van der Waals surface area (Å²) < 4.78 is 11.4. The van der Waals surface area contributed by atoms with Crippen molar-refractivity contribution in [1.82, 2.24) is 5.32 Å². The normalized spacial score (nSPS) is 13.5. The van der Waals surface area contributed by atoms with E-state index in [0.717, 1.165) is 41.4 Å². The summed E-state index contributed by atoms with van der Waals surface area (Å²) in [6.07, 6.45) is 0. The number of aliphatic imine (C=N–C) groups is 1. The number of rotatable bonds is 6. The molecule has 0 bridgehead atoms. The molecule has 0 fully saturated rings. The number of methoxy groups -OCH3 is 1. The lowest BCUT2D eigenvalue weighted by Gasteiger charge is -2.17. The molecule has 0 radical (unpaired) electrons. The Morgan fingerprint density at radius 3 is 2.50 bits per heavy atom. The van der Waals surface area contributed by atoms with E-state index in [2.05, 4.69) is 71.0 Å². The summed E-state index contributed by atoms with van der Waals surface area (Å²) >= 11 is 0. The van der Waals surface area contributed by atoms with Crippen LogP contribution in [0.1, 0.15) is 5.56 Å². The highest BCUT2D eigenvalue weighted by Gasteiger charge is 2.19. The molecule has 3 aromatic carbocycles. The number of fused-ring (bicyclic) bond motifs is 1. The largest absolute Gasteiger partial charge is 0.490 e. The highest BCUT2D eigenvalue weighted by atomic mass is 16.5. The van der Waals surface area contributed by atoms with Gasteiger partial charge in [0.05, 0.1) is 18.7 Å². The van der Waals surface area contributed by atoms with Crippen molar-refractivity contribution in [3.8, 4) is 16.9 Å². The van der Waals surface area contributed by atoms with Gasteiger partial charge in [0, 0.05) is 19.2 Å². The molecule has 0 unspecified atom stereocenters. The molecule has 1 aliphatic rings. The van der Waals surface area contributed by atoms with Gasteiger partial charge in [0.2, 0.25) is 0 Å². The molecule has 0 atom stereocenters. The second-order valence-electron chi connectivity index (χ2n) is 6.21. The lowest BCUT2D eigenvalue weighted by atomic mass is 9.95. The van der Waals surface area contributed by atoms with Crippen molar-refractivity contribution in [2.24, 2.45) is 4.99 Å². The van der Waals surface area contributed by atoms with Gasteiger partial charge in [0.1, 0.15) is 18.2 Å². The Bertz CT molecular complexity index is 945. The van der Waals surface area contributed by atoms with Gasteiger partial charge < -0.3 is 14.8 Å². The predicted octanol–water partition coefficient (Wildman–Crippen LogP) is 3.88. The van der Waals surface area contributed by atoms with Gasteiger partial charge in [-0.3, -0.25) is 4.99 Å². The molecule has 1 aliphatic heterocycles. The van der Waals surface area contributed by atoms with Crippen molar-refractivity contribution in [2.45, 2.75) is 0 Å². The van der Waals surface area contributed by atoms with E-state index in [4.69, 9.17) is 9.47 Å². The van der Waals surface area contributed by atoms with Gasteiger partial charge in [-0.2, -0.15) is 0 Å². The van der Waals surface area contributed by atoms with Crippen LogP contribution < -0.4 is 10.1 Å². The Balaban J connectivity index is 1.88. The summed E-state index contributed by atoms with van der Waals surface area (Å²) in [5.74, 6) is 1.76. The molecule has 4 rings (SSSR count). The molecule has 0 spiro atoms. The molecule has 132 valence electrons. The fourth-order valence-electron chi connectivity index (χ4n) is 3.36. The van der Waals surface area contributed by atoms with Crippen molar-refractivity contribution in [3.05, 3.63) is 66.2 Å². The van der Waals surface area contributed by atoms with E-state index in [-0.39, 0.29) is 0 Å². The van der Waals surface area contributed by atoms with Gasteiger partial charge >= 0.3 is 0 Å². The Morgan fingerprint density at radius 2 is 1.65 bits per heavy atom. The molecule has 1 heterocycles. The van der Waals surface area contributed by atoms with Crippen molar-refractivity contribution < 1.29 is 9.47 Å². The second kappa shape index (κ2) is 7.58. The highest BCUT2D eigenvalue weighted by molar-refractivity contribution is 6.06. The van der Waals surface area contributed by atoms with E-state index in [1.165, 1.54) is 10.8 Å². The number of hydrogen-bond acceptors (Lipinski definition) is 4. The minimum atomic E-state index is 0.499. The van der Waals surface area contributed by atoms with Crippen LogP contribution >= 0.6 is 0 Å². The number of benzene rings is 3. The number of nitrogens with zero attached hydrogens (tertiary/aromatic N) is 1. The van der Waals surface area contributed by atoms with Gasteiger partial charge in [0.15, 0.2) is 0 Å². The molecule has 4 nitrogen and oxygen atoms in total. The molecule has 0 aromatic heterocycles. The van der Waals surface area contributed by atoms with Crippen LogP contribution in [0.4, 0.5) is 0 Å². The average Bonchev–Trinajstić information content (AvgIpc) is 3.22. The Labute approximate surface area is 153 Å². The lowest BCUT2D eigenvalue weighted by Crippen LogP contribution is -2.21. The number of ether oxygens (including phenoxy) is 2. The van der Waals surface area contributed by atoms with Crippen LogP contribution in [-0.2, 0) is 4.74 Å². The zero-order chi connectivity index (χ0) is 17.8. The number of amidine groups is 1. The van der Waals surface area contributed by atoms with Crippen LogP contribution in [0.15, 0.2) is 65.7 Å². The maximum Gasteiger partial charge on any atom is 0.138 e. The smallest absolute Gasteiger partial charge is 0.138 e. The molecular weight excluding hydrogens is 324 g/mol. The molecule has 3 aromatic rings. The first-order valence-electron chi connectivity index (χ1n) is 8.90. The van der Waals surface area contributed by atoms with Crippen molar-refractivity contribution in [2.75, 3.05) is 33.4 Å². The van der Waals surface area contributed by atoms with E-state index in [1.807, 2.05) is 0 Å². The summed E-state index contributed by atoms with van der Waals surface area (Å²) in [6.45, 7) is 2.71. The van der Waals surface area contributed by atoms with Gasteiger partial charge in [-0.25, -0.2) is 0 Å². The summed E-state index contributed by atoms with van der Waals surface area (Å²) in [7, 11) is 1.68. The van der Waals surface area contributed by atoms with Crippen molar-refractivity contribution in [1.29, 1.82) is 0 Å². The third kappa shape index (κ3) is 3.16. The topological polar surface area (TPSA) is 42.9 Å². The Kier molecular flexibility index (Phi) is 4.84.